The molecule has 9 heteroatoms. The normalized spacial score (nSPS) is 12.1. The van der Waals surface area contributed by atoms with E-state index >= 15 is 0 Å². The highest BCUT2D eigenvalue weighted by Gasteiger charge is 2.29. The van der Waals surface area contributed by atoms with Crippen LogP contribution in [-0.4, -0.2) is 30.6 Å². The van der Waals surface area contributed by atoms with Gasteiger partial charge in [-0.2, -0.15) is 13.2 Å². The molecule has 26 heavy (non-hydrogen) atoms. The molecule has 0 fully saturated rings. The lowest BCUT2D eigenvalue weighted by Crippen LogP contribution is -2.39. The first-order valence-electron chi connectivity index (χ1n) is 8.12. The molecule has 0 bridgehead atoms. The van der Waals surface area contributed by atoms with Crippen molar-refractivity contribution in [3.05, 3.63) is 45.9 Å². The number of hydrogen-bond donors (Lipinski definition) is 2. The summed E-state index contributed by atoms with van der Waals surface area (Å²) in [6.07, 6.45) is -2.53. The summed E-state index contributed by atoms with van der Waals surface area (Å²) in [6, 6.07) is 4.63. The Balaban J connectivity index is 1.78. The topological polar surface area (TPSA) is 58.5 Å². The SMILES string of the molecule is CCNC(=NCc1ncc(C)s1)NCCOc1ccc(C(F)(F)F)cc1. The fraction of sp³-hybridized carbons (Fsp3) is 0.412. The molecule has 0 radical (unpaired) electrons. The van der Waals surface area contributed by atoms with E-state index in [-0.39, 0.29) is 0 Å². The first-order valence-corrected chi connectivity index (χ1v) is 8.93. The molecule has 0 amide bonds. The lowest BCUT2D eigenvalue weighted by molar-refractivity contribution is -0.137. The molecule has 1 aromatic carbocycles. The van der Waals surface area contributed by atoms with Gasteiger partial charge in [-0.1, -0.05) is 0 Å². The molecule has 1 aromatic heterocycles. The van der Waals surface area contributed by atoms with E-state index in [1.807, 2.05) is 20.0 Å². The Bertz CT molecular complexity index is 714. The standard InChI is InChI=1S/C17H21F3N4OS/c1-3-21-16(24-11-15-23-10-12(2)26-15)22-8-9-25-14-6-4-13(5-7-14)17(18,19)20/h4-7,10H,3,8-9,11H2,1-2H3,(H2,21,22,24). The number of aliphatic imine (C=N–C) groups is 1. The molecular formula is C17H21F3N4OS. The van der Waals surface area contributed by atoms with E-state index < -0.39 is 11.7 Å². The van der Waals surface area contributed by atoms with Crippen molar-refractivity contribution in [1.82, 2.24) is 15.6 Å². The van der Waals surface area contributed by atoms with Crippen molar-refractivity contribution in [2.24, 2.45) is 4.99 Å². The quantitative estimate of drug-likeness (QED) is 0.434. The predicted octanol–water partition coefficient (Wildman–Crippen LogP) is 3.60. The summed E-state index contributed by atoms with van der Waals surface area (Å²) in [7, 11) is 0. The van der Waals surface area contributed by atoms with Gasteiger partial charge in [-0.15, -0.1) is 11.3 Å². The summed E-state index contributed by atoms with van der Waals surface area (Å²) in [6.45, 7) is 5.91. The highest BCUT2D eigenvalue weighted by Crippen LogP contribution is 2.30. The van der Waals surface area contributed by atoms with E-state index in [2.05, 4.69) is 20.6 Å². The Kier molecular flexibility index (Phi) is 7.26. The maximum absolute atomic E-state index is 12.5. The Morgan fingerprint density at radius 2 is 1.96 bits per heavy atom. The van der Waals surface area contributed by atoms with Crippen LogP contribution >= 0.6 is 11.3 Å². The third kappa shape index (κ3) is 6.55. The summed E-state index contributed by atoms with van der Waals surface area (Å²) in [5, 5.41) is 7.16. The second-order valence-corrected chi connectivity index (χ2v) is 6.68. The number of thiazole rings is 1. The molecule has 0 aliphatic heterocycles. The van der Waals surface area contributed by atoms with E-state index in [1.54, 1.807) is 11.3 Å². The molecule has 0 aliphatic carbocycles. The van der Waals surface area contributed by atoms with Crippen molar-refractivity contribution in [2.45, 2.75) is 26.6 Å². The number of nitrogens with zero attached hydrogens (tertiary/aromatic N) is 2. The predicted molar refractivity (Wildman–Crippen MR) is 96.6 cm³/mol. The number of guanidine groups is 1. The van der Waals surface area contributed by atoms with Crippen LogP contribution in [0.5, 0.6) is 5.75 Å². The minimum Gasteiger partial charge on any atom is -0.492 e. The van der Waals surface area contributed by atoms with Crippen LogP contribution in [0.4, 0.5) is 13.2 Å². The fourth-order valence-corrected chi connectivity index (χ4v) is 2.75. The van der Waals surface area contributed by atoms with Crippen molar-refractivity contribution in [2.75, 3.05) is 19.7 Å². The van der Waals surface area contributed by atoms with Crippen LogP contribution < -0.4 is 15.4 Å². The van der Waals surface area contributed by atoms with Crippen molar-refractivity contribution in [1.29, 1.82) is 0 Å². The molecule has 2 aromatic rings. The van der Waals surface area contributed by atoms with Crippen molar-refractivity contribution in [3.63, 3.8) is 0 Å². The lowest BCUT2D eigenvalue weighted by atomic mass is 10.2. The van der Waals surface area contributed by atoms with Gasteiger partial charge in [0.2, 0.25) is 0 Å². The molecule has 1 heterocycles. The average Bonchev–Trinajstić information content (AvgIpc) is 3.01. The van der Waals surface area contributed by atoms with Crippen LogP contribution in [0.3, 0.4) is 0 Å². The zero-order valence-electron chi connectivity index (χ0n) is 14.6. The van der Waals surface area contributed by atoms with Gasteiger partial charge in [0.1, 0.15) is 17.4 Å². The average molecular weight is 386 g/mol. The van der Waals surface area contributed by atoms with Gasteiger partial charge < -0.3 is 15.4 Å². The van der Waals surface area contributed by atoms with Gasteiger partial charge in [-0.3, -0.25) is 0 Å². The zero-order valence-corrected chi connectivity index (χ0v) is 15.4. The molecule has 0 atom stereocenters. The molecule has 0 unspecified atom stereocenters. The molecule has 0 aliphatic rings. The van der Waals surface area contributed by atoms with Crippen LogP contribution in [0.1, 0.15) is 22.4 Å². The lowest BCUT2D eigenvalue weighted by Gasteiger charge is -2.12. The van der Waals surface area contributed by atoms with E-state index in [0.717, 1.165) is 22.0 Å². The number of rotatable bonds is 7. The largest absolute Gasteiger partial charge is 0.492 e. The Morgan fingerprint density at radius 1 is 1.23 bits per heavy atom. The van der Waals surface area contributed by atoms with Gasteiger partial charge in [0, 0.05) is 17.6 Å². The van der Waals surface area contributed by atoms with Gasteiger partial charge >= 0.3 is 6.18 Å². The van der Waals surface area contributed by atoms with Crippen LogP contribution in [-0.2, 0) is 12.7 Å². The Labute approximate surface area is 154 Å². The summed E-state index contributed by atoms with van der Waals surface area (Å²) >= 11 is 1.60. The van der Waals surface area contributed by atoms with Crippen molar-refractivity contribution < 1.29 is 17.9 Å². The summed E-state index contributed by atoms with van der Waals surface area (Å²) in [5.74, 6) is 1.02. The number of ether oxygens (including phenoxy) is 1. The molecule has 0 spiro atoms. The molecule has 2 N–H and O–H groups in total. The first kappa shape index (κ1) is 20.0. The molecule has 5 nitrogen and oxygen atoms in total. The molecule has 2 rings (SSSR count). The number of alkyl halides is 3. The maximum atomic E-state index is 12.5. The Morgan fingerprint density at radius 3 is 2.54 bits per heavy atom. The molecule has 0 saturated carbocycles. The van der Waals surface area contributed by atoms with Crippen LogP contribution in [0.25, 0.3) is 0 Å². The Hall–Kier alpha value is -2.29. The van der Waals surface area contributed by atoms with Crippen LogP contribution in [0.15, 0.2) is 35.5 Å². The van der Waals surface area contributed by atoms with Gasteiger partial charge in [-0.25, -0.2) is 9.98 Å². The van der Waals surface area contributed by atoms with Crippen LogP contribution in [0, 0.1) is 6.92 Å². The number of benzene rings is 1. The fourth-order valence-electron chi connectivity index (χ4n) is 2.04. The second-order valence-electron chi connectivity index (χ2n) is 5.36. The van der Waals surface area contributed by atoms with E-state index in [9.17, 15) is 13.2 Å². The number of nitrogens with one attached hydrogen (secondary N) is 2. The number of halogens is 3. The van der Waals surface area contributed by atoms with E-state index in [4.69, 9.17) is 4.74 Å². The van der Waals surface area contributed by atoms with Gasteiger partial charge in [0.25, 0.3) is 0 Å². The summed E-state index contributed by atoms with van der Waals surface area (Å²) in [4.78, 5) is 9.84. The van der Waals surface area contributed by atoms with Crippen molar-refractivity contribution in [3.8, 4) is 5.75 Å². The molecular weight excluding hydrogens is 365 g/mol. The smallest absolute Gasteiger partial charge is 0.416 e. The summed E-state index contributed by atoms with van der Waals surface area (Å²) in [5.41, 5.74) is -0.693. The molecule has 0 saturated heterocycles. The number of aromatic nitrogens is 1. The maximum Gasteiger partial charge on any atom is 0.416 e. The monoisotopic (exact) mass is 386 g/mol. The highest BCUT2D eigenvalue weighted by atomic mass is 32.1. The van der Waals surface area contributed by atoms with Crippen LogP contribution in [0.2, 0.25) is 0 Å². The highest BCUT2D eigenvalue weighted by molar-refractivity contribution is 7.11. The third-order valence-corrected chi connectivity index (χ3v) is 4.13. The van der Waals surface area contributed by atoms with E-state index in [0.29, 0.717) is 38.0 Å². The van der Waals surface area contributed by atoms with E-state index in [1.165, 1.54) is 12.1 Å². The van der Waals surface area contributed by atoms with Gasteiger partial charge in [0.05, 0.1) is 18.7 Å². The molecule has 142 valence electrons. The minimum absolute atomic E-state index is 0.298. The van der Waals surface area contributed by atoms with Gasteiger partial charge in [0.15, 0.2) is 5.96 Å². The minimum atomic E-state index is -4.34. The number of aryl methyl sites for hydroxylation is 1. The third-order valence-electron chi connectivity index (χ3n) is 3.23. The number of hydrogen-bond acceptors (Lipinski definition) is 4. The van der Waals surface area contributed by atoms with Crippen molar-refractivity contribution >= 4 is 17.3 Å². The second kappa shape index (κ2) is 9.42. The summed E-state index contributed by atoms with van der Waals surface area (Å²) < 4.78 is 43.0. The zero-order chi connectivity index (χ0) is 19.0. The van der Waals surface area contributed by atoms with Gasteiger partial charge in [-0.05, 0) is 38.1 Å². The first-order chi connectivity index (χ1) is 12.4.